The molecule has 0 bridgehead atoms. The number of amides is 1. The van der Waals surface area contributed by atoms with Crippen LogP contribution in [0.4, 0.5) is 5.69 Å². The minimum absolute atomic E-state index is 0.414. The van der Waals surface area contributed by atoms with Crippen molar-refractivity contribution in [1.82, 2.24) is 0 Å². The highest BCUT2D eigenvalue weighted by Gasteiger charge is 2.19. The van der Waals surface area contributed by atoms with Gasteiger partial charge < -0.3 is 11.5 Å². The Kier molecular flexibility index (Phi) is 2.39. The van der Waals surface area contributed by atoms with Crippen LogP contribution in [0.3, 0.4) is 0 Å². The summed E-state index contributed by atoms with van der Waals surface area (Å²) in [4.78, 5) is 12.2. The molecular weight excluding hydrogens is 296 g/mol. The van der Waals surface area contributed by atoms with Gasteiger partial charge in [-0.1, -0.05) is 54.6 Å². The number of primary amides is 1. The first kappa shape index (κ1) is 13.1. The third kappa shape index (κ3) is 1.48. The van der Waals surface area contributed by atoms with E-state index in [0.29, 0.717) is 11.3 Å². The zero-order valence-corrected chi connectivity index (χ0v) is 12.8. The standard InChI is InChI=1S/C21H14N2O/c22-16-10-12-6-3-8-14-13-7-1-4-11-5-2-9-15(17(11)13)19(18(12)14)20(16)21(23)24/h1-10H,22H2,(H2,23,24). The molecule has 114 valence electrons. The lowest BCUT2D eigenvalue weighted by Gasteiger charge is -2.17. The second-order valence-corrected chi connectivity index (χ2v) is 6.19. The Balaban J connectivity index is 2.29. The maximum Gasteiger partial charge on any atom is 0.251 e. The van der Waals surface area contributed by atoms with E-state index in [0.717, 1.165) is 37.7 Å². The predicted molar refractivity (Wildman–Crippen MR) is 101 cm³/mol. The summed E-state index contributed by atoms with van der Waals surface area (Å²) < 4.78 is 0. The van der Waals surface area contributed by atoms with Gasteiger partial charge >= 0.3 is 0 Å². The van der Waals surface area contributed by atoms with E-state index < -0.39 is 5.91 Å². The van der Waals surface area contributed by atoms with Gasteiger partial charge in [-0.05, 0) is 43.8 Å². The van der Waals surface area contributed by atoms with Crippen LogP contribution >= 0.6 is 0 Å². The monoisotopic (exact) mass is 310 g/mol. The van der Waals surface area contributed by atoms with E-state index >= 15 is 0 Å². The van der Waals surface area contributed by atoms with Crippen LogP contribution in [0, 0.1) is 0 Å². The molecule has 1 amide bonds. The van der Waals surface area contributed by atoms with E-state index in [4.69, 9.17) is 11.5 Å². The van der Waals surface area contributed by atoms with Crippen LogP contribution in [0.1, 0.15) is 10.4 Å². The molecule has 0 saturated heterocycles. The van der Waals surface area contributed by atoms with Crippen LogP contribution in [-0.2, 0) is 0 Å². The Morgan fingerprint density at radius 1 is 0.708 bits per heavy atom. The highest BCUT2D eigenvalue weighted by molar-refractivity contribution is 6.36. The number of benzene rings is 5. The number of carbonyl (C=O) groups excluding carboxylic acids is 1. The fourth-order valence-corrected chi connectivity index (χ4v) is 4.01. The van der Waals surface area contributed by atoms with E-state index in [1.54, 1.807) is 0 Å². The summed E-state index contributed by atoms with van der Waals surface area (Å²) in [6.45, 7) is 0. The number of nitrogen functional groups attached to an aromatic ring is 1. The Morgan fingerprint density at radius 2 is 1.29 bits per heavy atom. The van der Waals surface area contributed by atoms with Gasteiger partial charge in [-0.2, -0.15) is 0 Å². The summed E-state index contributed by atoms with van der Waals surface area (Å²) in [6.07, 6.45) is 0. The molecule has 0 aliphatic rings. The molecule has 0 saturated carbocycles. The van der Waals surface area contributed by atoms with Gasteiger partial charge in [0.15, 0.2) is 0 Å². The second kappa shape index (κ2) is 4.36. The van der Waals surface area contributed by atoms with Crippen molar-refractivity contribution in [3.05, 3.63) is 66.2 Å². The van der Waals surface area contributed by atoms with E-state index in [2.05, 4.69) is 30.3 Å². The summed E-state index contributed by atoms with van der Waals surface area (Å²) in [5.41, 5.74) is 12.7. The Bertz CT molecular complexity index is 1280. The first-order chi connectivity index (χ1) is 11.7. The Hall–Kier alpha value is -3.33. The van der Waals surface area contributed by atoms with E-state index in [9.17, 15) is 4.79 Å². The largest absolute Gasteiger partial charge is 0.398 e. The first-order valence-electron chi connectivity index (χ1n) is 7.84. The number of fused-ring (bicyclic) bond motifs is 2. The molecule has 0 aliphatic heterocycles. The number of carbonyl (C=O) groups is 1. The van der Waals surface area contributed by atoms with Crippen LogP contribution < -0.4 is 11.5 Å². The molecule has 0 unspecified atom stereocenters. The molecule has 0 spiro atoms. The molecule has 4 N–H and O–H groups in total. The maximum absolute atomic E-state index is 12.2. The van der Waals surface area contributed by atoms with Gasteiger partial charge in [0, 0.05) is 11.1 Å². The SMILES string of the molecule is NC(=O)c1c(N)cc2cccc3c4cccc5cccc(c1c23)c54. The third-order valence-corrected chi connectivity index (χ3v) is 4.91. The highest BCUT2D eigenvalue weighted by atomic mass is 16.1. The lowest BCUT2D eigenvalue weighted by Crippen LogP contribution is -2.14. The van der Waals surface area contributed by atoms with E-state index in [-0.39, 0.29) is 0 Å². The van der Waals surface area contributed by atoms with E-state index in [1.807, 2.05) is 30.3 Å². The van der Waals surface area contributed by atoms with Crippen molar-refractivity contribution in [2.24, 2.45) is 5.73 Å². The first-order valence-corrected chi connectivity index (χ1v) is 7.84. The fraction of sp³-hybridized carbons (Fsp3) is 0. The highest BCUT2D eigenvalue weighted by Crippen LogP contribution is 2.42. The minimum atomic E-state index is -0.490. The van der Waals surface area contributed by atoms with Gasteiger partial charge in [0.1, 0.15) is 0 Å². The van der Waals surface area contributed by atoms with Crippen LogP contribution in [0.5, 0.6) is 0 Å². The minimum Gasteiger partial charge on any atom is -0.398 e. The summed E-state index contributed by atoms with van der Waals surface area (Å²) in [5.74, 6) is -0.490. The fourth-order valence-electron chi connectivity index (χ4n) is 4.01. The van der Waals surface area contributed by atoms with Gasteiger partial charge in [0.2, 0.25) is 0 Å². The molecule has 5 rings (SSSR count). The average Bonchev–Trinajstić information content (AvgIpc) is 2.58. The van der Waals surface area contributed by atoms with Gasteiger partial charge in [-0.15, -0.1) is 0 Å². The topological polar surface area (TPSA) is 69.1 Å². The average molecular weight is 310 g/mol. The summed E-state index contributed by atoms with van der Waals surface area (Å²) in [5, 5.41) is 8.54. The molecule has 0 heterocycles. The number of hydrogen-bond acceptors (Lipinski definition) is 2. The summed E-state index contributed by atoms with van der Waals surface area (Å²) in [7, 11) is 0. The molecule has 0 atom stereocenters. The van der Waals surface area contributed by atoms with Crippen molar-refractivity contribution in [3.8, 4) is 0 Å². The number of nitrogens with two attached hydrogens (primary N) is 2. The van der Waals surface area contributed by atoms with Gasteiger partial charge in [-0.25, -0.2) is 0 Å². The van der Waals surface area contributed by atoms with Crippen molar-refractivity contribution in [1.29, 1.82) is 0 Å². The van der Waals surface area contributed by atoms with Crippen LogP contribution in [0.2, 0.25) is 0 Å². The molecule has 3 nitrogen and oxygen atoms in total. The molecule has 0 aromatic heterocycles. The van der Waals surface area contributed by atoms with Crippen molar-refractivity contribution < 1.29 is 4.79 Å². The lowest BCUT2D eigenvalue weighted by atomic mass is 9.87. The predicted octanol–water partition coefficient (Wildman–Crippen LogP) is 4.42. The van der Waals surface area contributed by atoms with Crippen molar-refractivity contribution in [2.75, 3.05) is 5.73 Å². The molecule has 24 heavy (non-hydrogen) atoms. The Labute approximate surface area is 137 Å². The lowest BCUT2D eigenvalue weighted by molar-refractivity contribution is 0.100. The van der Waals surface area contributed by atoms with Crippen LogP contribution in [0.25, 0.3) is 43.1 Å². The maximum atomic E-state index is 12.2. The molecule has 0 aliphatic carbocycles. The second-order valence-electron chi connectivity index (χ2n) is 6.19. The molecule has 3 heteroatoms. The summed E-state index contributed by atoms with van der Waals surface area (Å²) >= 11 is 0. The smallest absolute Gasteiger partial charge is 0.251 e. The molecule has 5 aromatic carbocycles. The third-order valence-electron chi connectivity index (χ3n) is 4.91. The molecule has 0 radical (unpaired) electrons. The quantitative estimate of drug-likeness (QED) is 0.273. The number of hydrogen-bond donors (Lipinski definition) is 2. The van der Waals surface area contributed by atoms with Crippen LogP contribution in [0.15, 0.2) is 60.7 Å². The zero-order chi connectivity index (χ0) is 16.4. The van der Waals surface area contributed by atoms with Crippen LogP contribution in [-0.4, -0.2) is 5.91 Å². The summed E-state index contributed by atoms with van der Waals surface area (Å²) in [6, 6.07) is 20.4. The van der Waals surface area contributed by atoms with E-state index in [1.165, 1.54) is 5.39 Å². The molecular formula is C21H14N2O. The zero-order valence-electron chi connectivity index (χ0n) is 12.8. The van der Waals surface area contributed by atoms with Gasteiger partial charge in [0.05, 0.1) is 5.56 Å². The van der Waals surface area contributed by atoms with Crippen molar-refractivity contribution in [3.63, 3.8) is 0 Å². The molecule has 0 fully saturated rings. The van der Waals surface area contributed by atoms with Gasteiger partial charge in [-0.3, -0.25) is 4.79 Å². The Morgan fingerprint density at radius 3 is 1.96 bits per heavy atom. The van der Waals surface area contributed by atoms with Gasteiger partial charge in [0.25, 0.3) is 5.91 Å². The van der Waals surface area contributed by atoms with Crippen molar-refractivity contribution in [2.45, 2.75) is 0 Å². The van der Waals surface area contributed by atoms with Crippen molar-refractivity contribution >= 4 is 54.7 Å². The number of rotatable bonds is 1. The molecule has 5 aromatic rings. The normalized spacial score (nSPS) is 11.8. The number of anilines is 1.